The summed E-state index contributed by atoms with van der Waals surface area (Å²) < 4.78 is 1.50. The lowest BCUT2D eigenvalue weighted by Gasteiger charge is -1.98. The summed E-state index contributed by atoms with van der Waals surface area (Å²) in [6.07, 6.45) is 2.81. The number of carbonyl (C=O) groups excluding carboxylic acids is 1. The number of ketones is 1. The number of hydrogen-bond acceptors (Lipinski definition) is 2. The van der Waals surface area contributed by atoms with Crippen molar-refractivity contribution in [1.29, 1.82) is 0 Å². The standard InChI is InChI=1S/C8H5Br2NO/c1-2-7(12)8-6(10)3-5(9)4-11-8/h2-4H,1H2. The molecule has 0 saturated heterocycles. The smallest absolute Gasteiger partial charge is 0.204 e. The van der Waals surface area contributed by atoms with Gasteiger partial charge >= 0.3 is 0 Å². The molecular weight excluding hydrogens is 286 g/mol. The lowest BCUT2D eigenvalue weighted by molar-refractivity contribution is 0.104. The third-order valence-corrected chi connectivity index (χ3v) is 2.26. The van der Waals surface area contributed by atoms with Crippen LogP contribution in [0.25, 0.3) is 0 Å². The molecule has 2 nitrogen and oxygen atoms in total. The van der Waals surface area contributed by atoms with Crippen LogP contribution in [0.4, 0.5) is 0 Å². The molecule has 0 aliphatic heterocycles. The topological polar surface area (TPSA) is 30.0 Å². The highest BCUT2D eigenvalue weighted by Gasteiger charge is 2.07. The summed E-state index contributed by atoms with van der Waals surface area (Å²) in [6.45, 7) is 3.38. The fourth-order valence-electron chi connectivity index (χ4n) is 0.693. The van der Waals surface area contributed by atoms with Crippen LogP contribution in [0.2, 0.25) is 0 Å². The summed E-state index contributed by atoms with van der Waals surface area (Å²) in [4.78, 5) is 15.1. The van der Waals surface area contributed by atoms with Crippen molar-refractivity contribution in [3.05, 3.63) is 39.6 Å². The van der Waals surface area contributed by atoms with Gasteiger partial charge in [0.15, 0.2) is 0 Å². The molecule has 0 spiro atoms. The average molecular weight is 291 g/mol. The first-order valence-corrected chi connectivity index (χ1v) is 4.71. The van der Waals surface area contributed by atoms with Crippen molar-refractivity contribution in [2.45, 2.75) is 0 Å². The van der Waals surface area contributed by atoms with Gasteiger partial charge in [0.25, 0.3) is 0 Å². The molecule has 0 amide bonds. The monoisotopic (exact) mass is 289 g/mol. The van der Waals surface area contributed by atoms with E-state index in [4.69, 9.17) is 0 Å². The van der Waals surface area contributed by atoms with Crippen LogP contribution in [0.15, 0.2) is 33.9 Å². The minimum atomic E-state index is -0.186. The van der Waals surface area contributed by atoms with Crippen LogP contribution < -0.4 is 0 Å². The first-order chi connectivity index (χ1) is 5.65. The predicted molar refractivity (Wildman–Crippen MR) is 54.2 cm³/mol. The molecule has 0 aliphatic rings. The van der Waals surface area contributed by atoms with E-state index >= 15 is 0 Å². The molecule has 1 heterocycles. The summed E-state index contributed by atoms with van der Waals surface area (Å²) in [5, 5.41) is 0. The Hall–Kier alpha value is -0.480. The maximum Gasteiger partial charge on any atom is 0.204 e. The Bertz CT molecular complexity index is 336. The highest BCUT2D eigenvalue weighted by Crippen LogP contribution is 2.19. The van der Waals surface area contributed by atoms with E-state index in [1.54, 1.807) is 12.3 Å². The summed E-state index contributed by atoms with van der Waals surface area (Å²) in [5.74, 6) is -0.186. The molecule has 0 saturated carbocycles. The number of carbonyl (C=O) groups is 1. The Morgan fingerprint density at radius 2 is 2.25 bits per heavy atom. The molecule has 0 aromatic carbocycles. The SMILES string of the molecule is C=CC(=O)c1ncc(Br)cc1Br. The van der Waals surface area contributed by atoms with E-state index in [2.05, 4.69) is 43.4 Å². The van der Waals surface area contributed by atoms with Crippen molar-refractivity contribution in [3.63, 3.8) is 0 Å². The van der Waals surface area contributed by atoms with Crippen LogP contribution in [-0.2, 0) is 0 Å². The predicted octanol–water partition coefficient (Wildman–Crippen LogP) is 2.98. The number of pyridine rings is 1. The third-order valence-electron chi connectivity index (χ3n) is 1.23. The molecule has 1 rings (SSSR count). The molecule has 0 unspecified atom stereocenters. The van der Waals surface area contributed by atoms with Gasteiger partial charge in [-0.2, -0.15) is 0 Å². The number of hydrogen-bond donors (Lipinski definition) is 0. The van der Waals surface area contributed by atoms with Crippen molar-refractivity contribution < 1.29 is 4.79 Å². The van der Waals surface area contributed by atoms with Crippen LogP contribution in [-0.4, -0.2) is 10.8 Å². The van der Waals surface area contributed by atoms with E-state index in [0.717, 1.165) is 4.47 Å². The number of rotatable bonds is 2. The zero-order valence-corrected chi connectivity index (χ0v) is 9.22. The van der Waals surface area contributed by atoms with E-state index in [-0.39, 0.29) is 5.78 Å². The van der Waals surface area contributed by atoms with Gasteiger partial charge in [-0.1, -0.05) is 6.58 Å². The zero-order chi connectivity index (χ0) is 9.14. The van der Waals surface area contributed by atoms with Gasteiger partial charge in [0.2, 0.25) is 5.78 Å². The van der Waals surface area contributed by atoms with Gasteiger partial charge in [0.1, 0.15) is 5.69 Å². The molecule has 0 fully saturated rings. The number of aromatic nitrogens is 1. The van der Waals surface area contributed by atoms with Gasteiger partial charge in [0.05, 0.1) is 0 Å². The van der Waals surface area contributed by atoms with Gasteiger partial charge in [-0.25, -0.2) is 0 Å². The van der Waals surface area contributed by atoms with E-state index in [1.165, 1.54) is 6.08 Å². The highest BCUT2D eigenvalue weighted by atomic mass is 79.9. The van der Waals surface area contributed by atoms with Crippen LogP contribution in [0, 0.1) is 0 Å². The largest absolute Gasteiger partial charge is 0.288 e. The van der Waals surface area contributed by atoms with Crippen molar-refractivity contribution in [3.8, 4) is 0 Å². The number of nitrogens with zero attached hydrogens (tertiary/aromatic N) is 1. The average Bonchev–Trinajstić information content (AvgIpc) is 2.03. The normalized spacial score (nSPS) is 9.50. The second kappa shape index (κ2) is 3.96. The minimum Gasteiger partial charge on any atom is -0.288 e. The molecule has 0 aliphatic carbocycles. The molecule has 0 bridgehead atoms. The van der Waals surface area contributed by atoms with E-state index in [1.807, 2.05) is 0 Å². The molecular formula is C8H5Br2NO. The van der Waals surface area contributed by atoms with Gasteiger partial charge in [-0.05, 0) is 44.0 Å². The second-order valence-corrected chi connectivity index (χ2v) is 3.82. The Kier molecular flexibility index (Phi) is 3.17. The Labute approximate surface area is 87.0 Å². The molecule has 12 heavy (non-hydrogen) atoms. The summed E-state index contributed by atoms with van der Waals surface area (Å²) in [5.41, 5.74) is 0.383. The first kappa shape index (κ1) is 9.61. The Morgan fingerprint density at radius 3 is 2.75 bits per heavy atom. The van der Waals surface area contributed by atoms with Crippen LogP contribution >= 0.6 is 31.9 Å². The molecule has 1 aromatic rings. The molecule has 1 aromatic heterocycles. The lowest BCUT2D eigenvalue weighted by atomic mass is 10.2. The Morgan fingerprint density at radius 1 is 1.58 bits per heavy atom. The highest BCUT2D eigenvalue weighted by molar-refractivity contribution is 9.11. The van der Waals surface area contributed by atoms with Crippen LogP contribution in [0.5, 0.6) is 0 Å². The number of allylic oxidation sites excluding steroid dienone is 1. The first-order valence-electron chi connectivity index (χ1n) is 3.13. The van der Waals surface area contributed by atoms with Gasteiger partial charge in [-0.3, -0.25) is 9.78 Å². The Balaban J connectivity index is 3.18. The zero-order valence-electron chi connectivity index (χ0n) is 6.05. The van der Waals surface area contributed by atoms with E-state index in [0.29, 0.717) is 10.2 Å². The van der Waals surface area contributed by atoms with E-state index < -0.39 is 0 Å². The van der Waals surface area contributed by atoms with Crippen molar-refractivity contribution in [2.24, 2.45) is 0 Å². The molecule has 4 heteroatoms. The fraction of sp³-hybridized carbons (Fsp3) is 0. The molecule has 0 radical (unpaired) electrons. The summed E-state index contributed by atoms with van der Waals surface area (Å²) >= 11 is 6.47. The quantitative estimate of drug-likeness (QED) is 0.619. The minimum absolute atomic E-state index is 0.186. The van der Waals surface area contributed by atoms with Crippen molar-refractivity contribution in [2.75, 3.05) is 0 Å². The van der Waals surface area contributed by atoms with Crippen LogP contribution in [0.3, 0.4) is 0 Å². The second-order valence-electron chi connectivity index (χ2n) is 2.05. The molecule has 0 N–H and O–H groups in total. The lowest BCUT2D eigenvalue weighted by Crippen LogP contribution is -1.98. The van der Waals surface area contributed by atoms with E-state index in [9.17, 15) is 4.79 Å². The maximum absolute atomic E-state index is 11.1. The molecule has 0 atom stereocenters. The van der Waals surface area contributed by atoms with Crippen molar-refractivity contribution in [1.82, 2.24) is 4.98 Å². The summed E-state index contributed by atoms with van der Waals surface area (Å²) in [6, 6.07) is 1.77. The van der Waals surface area contributed by atoms with Gasteiger partial charge < -0.3 is 0 Å². The maximum atomic E-state index is 11.1. The van der Waals surface area contributed by atoms with Gasteiger partial charge in [0, 0.05) is 15.1 Å². The van der Waals surface area contributed by atoms with Crippen molar-refractivity contribution >= 4 is 37.6 Å². The number of halogens is 2. The fourth-order valence-corrected chi connectivity index (χ4v) is 1.88. The van der Waals surface area contributed by atoms with Gasteiger partial charge in [-0.15, -0.1) is 0 Å². The molecule has 62 valence electrons. The third kappa shape index (κ3) is 2.01. The van der Waals surface area contributed by atoms with Crippen LogP contribution in [0.1, 0.15) is 10.5 Å². The summed E-state index contributed by atoms with van der Waals surface area (Å²) in [7, 11) is 0.